The van der Waals surface area contributed by atoms with Crippen LogP contribution in [0.1, 0.15) is 44.7 Å². The topological polar surface area (TPSA) is 69.0 Å². The van der Waals surface area contributed by atoms with Gasteiger partial charge in [-0.3, -0.25) is 9.69 Å². The van der Waals surface area contributed by atoms with E-state index in [4.69, 9.17) is 4.98 Å². The van der Waals surface area contributed by atoms with Gasteiger partial charge in [-0.25, -0.2) is 4.98 Å². The first-order valence-electron chi connectivity index (χ1n) is 8.75. The van der Waals surface area contributed by atoms with E-state index in [1.54, 1.807) is 18.3 Å². The Labute approximate surface area is 152 Å². The van der Waals surface area contributed by atoms with Crippen molar-refractivity contribution in [2.45, 2.75) is 45.2 Å². The molecule has 0 saturated carbocycles. The second-order valence-corrected chi connectivity index (χ2v) is 8.23. The fraction of sp³-hybridized carbons (Fsp3) is 0.526. The molecule has 1 N–H and O–H groups in total. The minimum Gasteiger partial charge on any atom is -0.337 e. The van der Waals surface area contributed by atoms with E-state index >= 15 is 0 Å². The highest BCUT2D eigenvalue weighted by atomic mass is 32.1. The van der Waals surface area contributed by atoms with Gasteiger partial charge in [-0.15, -0.1) is 11.3 Å². The molecule has 6 heteroatoms. The number of fused-ring (bicyclic) bond motifs is 1. The number of thiazole rings is 1. The molecule has 1 amide bonds. The predicted molar refractivity (Wildman–Crippen MR) is 100 cm³/mol. The zero-order valence-electron chi connectivity index (χ0n) is 15.0. The number of nitrogens with one attached hydrogen (secondary N) is 1. The van der Waals surface area contributed by atoms with E-state index in [9.17, 15) is 10.1 Å². The van der Waals surface area contributed by atoms with Crippen molar-refractivity contribution in [2.24, 2.45) is 5.92 Å². The predicted octanol–water partition coefficient (Wildman–Crippen LogP) is 3.49. The molecule has 1 saturated heterocycles. The molecule has 1 aromatic heterocycles. The number of hydrogen-bond donors (Lipinski definition) is 1. The zero-order chi connectivity index (χ0) is 18.0. The van der Waals surface area contributed by atoms with Crippen LogP contribution in [-0.4, -0.2) is 34.4 Å². The average Bonchev–Trinajstić information content (AvgIpc) is 3.20. The normalized spacial score (nSPS) is 20.5. The summed E-state index contributed by atoms with van der Waals surface area (Å²) < 4.78 is 1.19. The van der Waals surface area contributed by atoms with Gasteiger partial charge in [-0.1, -0.05) is 26.0 Å². The summed E-state index contributed by atoms with van der Waals surface area (Å²) in [4.78, 5) is 19.5. The molecular weight excluding hydrogens is 332 g/mol. The van der Waals surface area contributed by atoms with Crippen LogP contribution >= 0.6 is 11.3 Å². The molecule has 0 unspecified atom stereocenters. The summed E-state index contributed by atoms with van der Waals surface area (Å²) in [7, 11) is 0. The smallest absolute Gasteiger partial charge is 0.235 e. The largest absolute Gasteiger partial charge is 0.337 e. The van der Waals surface area contributed by atoms with E-state index in [0.29, 0.717) is 6.54 Å². The summed E-state index contributed by atoms with van der Waals surface area (Å²) >= 11 is 1.71. The van der Waals surface area contributed by atoms with E-state index in [-0.39, 0.29) is 17.9 Å². The molecule has 1 aliphatic rings. The van der Waals surface area contributed by atoms with E-state index in [1.165, 1.54) is 4.70 Å². The second kappa shape index (κ2) is 7.11. The van der Waals surface area contributed by atoms with Crippen molar-refractivity contribution in [2.75, 3.05) is 13.1 Å². The van der Waals surface area contributed by atoms with E-state index in [2.05, 4.69) is 22.4 Å². The van der Waals surface area contributed by atoms with E-state index < -0.39 is 5.54 Å². The zero-order valence-corrected chi connectivity index (χ0v) is 15.8. The quantitative estimate of drug-likeness (QED) is 0.890. The minimum atomic E-state index is -0.831. The highest BCUT2D eigenvalue weighted by molar-refractivity contribution is 7.18. The molecule has 0 aliphatic carbocycles. The summed E-state index contributed by atoms with van der Waals surface area (Å²) in [6.07, 6.45) is 2.08. The van der Waals surface area contributed by atoms with Gasteiger partial charge in [-0.05, 0) is 44.4 Å². The first-order chi connectivity index (χ1) is 11.9. The Morgan fingerprint density at radius 3 is 2.96 bits per heavy atom. The van der Waals surface area contributed by atoms with Crippen molar-refractivity contribution in [3.8, 4) is 6.07 Å². The Morgan fingerprint density at radius 2 is 2.28 bits per heavy atom. The number of likely N-dealkylation sites (tertiary alicyclic amines) is 1. The number of para-hydroxylation sites is 1. The Morgan fingerprint density at radius 1 is 1.52 bits per heavy atom. The Kier molecular flexibility index (Phi) is 5.07. The number of rotatable bonds is 5. The molecule has 0 spiro atoms. The molecule has 2 atom stereocenters. The van der Waals surface area contributed by atoms with Crippen molar-refractivity contribution in [1.82, 2.24) is 15.2 Å². The van der Waals surface area contributed by atoms with Crippen molar-refractivity contribution >= 4 is 27.5 Å². The Balaban J connectivity index is 1.71. The first kappa shape index (κ1) is 17.8. The van der Waals surface area contributed by atoms with Crippen LogP contribution in [0.4, 0.5) is 0 Å². The van der Waals surface area contributed by atoms with Gasteiger partial charge < -0.3 is 5.32 Å². The molecule has 2 aromatic rings. The lowest BCUT2D eigenvalue weighted by molar-refractivity contribution is -0.124. The molecule has 1 aliphatic heterocycles. The third-order valence-electron chi connectivity index (χ3n) is 5.09. The molecule has 1 fully saturated rings. The summed E-state index contributed by atoms with van der Waals surface area (Å²) in [6.45, 7) is 6.88. The molecule has 0 bridgehead atoms. The van der Waals surface area contributed by atoms with Crippen LogP contribution < -0.4 is 5.32 Å². The standard InChI is InChI=1S/C19H24N4OS/c1-13(2)19(3,12-20)22-17(24)11-23-10-6-8-15(23)18-21-14-7-4-5-9-16(14)25-18/h4-5,7,9,13,15H,6,8,10-11H2,1-3H3,(H,22,24)/t15-,19+/m1/s1. The lowest BCUT2D eigenvalue weighted by atomic mass is 9.90. The van der Waals surface area contributed by atoms with Crippen molar-refractivity contribution in [3.05, 3.63) is 29.3 Å². The molecule has 5 nitrogen and oxygen atoms in total. The van der Waals surface area contributed by atoms with Gasteiger partial charge in [0.1, 0.15) is 10.5 Å². The van der Waals surface area contributed by atoms with Crippen LogP contribution in [0, 0.1) is 17.2 Å². The fourth-order valence-corrected chi connectivity index (χ4v) is 4.28. The first-order valence-corrected chi connectivity index (χ1v) is 9.56. The van der Waals surface area contributed by atoms with Gasteiger partial charge in [0.15, 0.2) is 0 Å². The van der Waals surface area contributed by atoms with Crippen LogP contribution in [0.3, 0.4) is 0 Å². The summed E-state index contributed by atoms with van der Waals surface area (Å²) in [5.74, 6) is -0.0363. The number of carbonyl (C=O) groups is 1. The van der Waals surface area contributed by atoms with Crippen molar-refractivity contribution < 1.29 is 4.79 Å². The third-order valence-corrected chi connectivity index (χ3v) is 6.23. The minimum absolute atomic E-state index is 0.0556. The monoisotopic (exact) mass is 356 g/mol. The Bertz CT molecular complexity index is 776. The van der Waals surface area contributed by atoms with Gasteiger partial charge in [0.2, 0.25) is 5.91 Å². The molecule has 2 heterocycles. The number of amides is 1. The van der Waals surface area contributed by atoms with Gasteiger partial charge in [0.25, 0.3) is 0 Å². The number of hydrogen-bond acceptors (Lipinski definition) is 5. The van der Waals surface area contributed by atoms with E-state index in [0.717, 1.165) is 29.9 Å². The fourth-order valence-electron chi connectivity index (χ4n) is 3.14. The maximum Gasteiger partial charge on any atom is 0.235 e. The SMILES string of the molecule is CC(C)[C@](C)(C#N)NC(=O)CN1CCC[C@@H]1c1nc2ccccc2s1. The number of nitrogens with zero attached hydrogens (tertiary/aromatic N) is 3. The van der Waals surface area contributed by atoms with Crippen LogP contribution in [0.25, 0.3) is 10.2 Å². The summed E-state index contributed by atoms with van der Waals surface area (Å²) in [5.41, 5.74) is 0.193. The van der Waals surface area contributed by atoms with Crippen LogP contribution in [-0.2, 0) is 4.79 Å². The molecular formula is C19H24N4OS. The molecule has 3 rings (SSSR count). The van der Waals surface area contributed by atoms with Crippen LogP contribution in [0.2, 0.25) is 0 Å². The van der Waals surface area contributed by atoms with Crippen LogP contribution in [0.5, 0.6) is 0 Å². The van der Waals surface area contributed by atoms with Crippen molar-refractivity contribution in [3.63, 3.8) is 0 Å². The highest BCUT2D eigenvalue weighted by Crippen LogP contribution is 2.36. The maximum atomic E-state index is 12.5. The van der Waals surface area contributed by atoms with E-state index in [1.807, 2.05) is 32.0 Å². The molecule has 132 valence electrons. The average molecular weight is 356 g/mol. The second-order valence-electron chi connectivity index (χ2n) is 7.17. The van der Waals surface area contributed by atoms with Crippen LogP contribution in [0.15, 0.2) is 24.3 Å². The van der Waals surface area contributed by atoms with Gasteiger partial charge in [0, 0.05) is 0 Å². The molecule has 25 heavy (non-hydrogen) atoms. The molecule has 1 aromatic carbocycles. The lowest BCUT2D eigenvalue weighted by Crippen LogP contribution is -2.51. The lowest BCUT2D eigenvalue weighted by Gasteiger charge is -2.29. The number of aromatic nitrogens is 1. The van der Waals surface area contributed by atoms with Gasteiger partial charge in [-0.2, -0.15) is 5.26 Å². The maximum absolute atomic E-state index is 12.5. The Hall–Kier alpha value is -1.97. The summed E-state index contributed by atoms with van der Waals surface area (Å²) in [5, 5.41) is 13.4. The molecule has 0 radical (unpaired) electrons. The summed E-state index contributed by atoms with van der Waals surface area (Å²) in [6, 6.07) is 10.6. The third kappa shape index (κ3) is 3.68. The number of carbonyl (C=O) groups excluding carboxylic acids is 1. The van der Waals surface area contributed by atoms with Gasteiger partial charge >= 0.3 is 0 Å². The van der Waals surface area contributed by atoms with Gasteiger partial charge in [0.05, 0.1) is 28.9 Å². The number of nitriles is 1. The number of benzene rings is 1. The highest BCUT2D eigenvalue weighted by Gasteiger charge is 2.33. The van der Waals surface area contributed by atoms with Crippen molar-refractivity contribution in [1.29, 1.82) is 5.26 Å².